The normalized spacial score (nSPS) is 21.7. The Bertz CT molecular complexity index is 567. The zero-order valence-corrected chi connectivity index (χ0v) is 12.6. The molecule has 0 aliphatic carbocycles. The van der Waals surface area contributed by atoms with E-state index < -0.39 is 0 Å². The minimum absolute atomic E-state index is 0.0184. The second-order valence-electron chi connectivity index (χ2n) is 5.61. The van der Waals surface area contributed by atoms with Gasteiger partial charge in [0, 0.05) is 25.7 Å². The standard InChI is InChI=1S/C18H21N3/c1-14-11-12-17(21(14)2)20-18(15-8-4-3-5-9-15)16-10-6-7-13-19-16/h3-10,13-14,18H,11-12H2,1-2H3. The summed E-state index contributed by atoms with van der Waals surface area (Å²) in [6.07, 6.45) is 4.07. The molecule has 2 aromatic rings. The number of rotatable bonds is 3. The van der Waals surface area contributed by atoms with Crippen molar-refractivity contribution in [1.29, 1.82) is 0 Å². The predicted molar refractivity (Wildman–Crippen MR) is 86.4 cm³/mol. The van der Waals surface area contributed by atoms with Crippen LogP contribution in [0.25, 0.3) is 0 Å². The van der Waals surface area contributed by atoms with Crippen LogP contribution in [-0.2, 0) is 0 Å². The molecule has 3 rings (SSSR count). The fourth-order valence-corrected chi connectivity index (χ4v) is 2.75. The summed E-state index contributed by atoms with van der Waals surface area (Å²) < 4.78 is 0. The smallest absolute Gasteiger partial charge is 0.119 e. The highest BCUT2D eigenvalue weighted by Crippen LogP contribution is 2.27. The van der Waals surface area contributed by atoms with Gasteiger partial charge in [0.15, 0.2) is 0 Å². The Kier molecular flexibility index (Phi) is 4.00. The van der Waals surface area contributed by atoms with E-state index >= 15 is 0 Å². The molecule has 0 saturated carbocycles. The monoisotopic (exact) mass is 279 g/mol. The summed E-state index contributed by atoms with van der Waals surface area (Å²) in [6.45, 7) is 2.25. The van der Waals surface area contributed by atoms with Crippen LogP contribution in [0.15, 0.2) is 59.7 Å². The maximum absolute atomic E-state index is 5.03. The molecule has 1 aliphatic heterocycles. The Hall–Kier alpha value is -2.16. The number of hydrogen-bond donors (Lipinski definition) is 0. The number of nitrogens with zero attached hydrogens (tertiary/aromatic N) is 3. The summed E-state index contributed by atoms with van der Waals surface area (Å²) in [5.74, 6) is 1.18. The Labute approximate surface area is 126 Å². The van der Waals surface area contributed by atoms with Crippen LogP contribution >= 0.6 is 0 Å². The summed E-state index contributed by atoms with van der Waals surface area (Å²) in [4.78, 5) is 11.8. The maximum atomic E-state index is 5.03. The first-order valence-corrected chi connectivity index (χ1v) is 7.51. The van der Waals surface area contributed by atoms with Gasteiger partial charge in [-0.25, -0.2) is 0 Å². The zero-order valence-electron chi connectivity index (χ0n) is 12.6. The lowest BCUT2D eigenvalue weighted by atomic mass is 10.0. The highest BCUT2D eigenvalue weighted by atomic mass is 15.2. The van der Waals surface area contributed by atoms with Gasteiger partial charge in [-0.05, 0) is 31.0 Å². The summed E-state index contributed by atoms with van der Waals surface area (Å²) in [7, 11) is 2.14. The number of pyridine rings is 1. The molecule has 2 atom stereocenters. The van der Waals surface area contributed by atoms with Gasteiger partial charge in [0.25, 0.3) is 0 Å². The van der Waals surface area contributed by atoms with Gasteiger partial charge >= 0.3 is 0 Å². The van der Waals surface area contributed by atoms with E-state index in [1.807, 2.05) is 24.4 Å². The average Bonchev–Trinajstić information content (AvgIpc) is 2.86. The van der Waals surface area contributed by atoms with E-state index in [1.54, 1.807) is 0 Å². The molecule has 0 radical (unpaired) electrons. The van der Waals surface area contributed by atoms with Gasteiger partial charge < -0.3 is 4.90 Å². The van der Waals surface area contributed by atoms with Gasteiger partial charge in [-0.1, -0.05) is 36.4 Å². The number of amidine groups is 1. The van der Waals surface area contributed by atoms with Crippen LogP contribution in [0, 0.1) is 0 Å². The van der Waals surface area contributed by atoms with Crippen LogP contribution in [-0.4, -0.2) is 28.8 Å². The zero-order chi connectivity index (χ0) is 14.7. The van der Waals surface area contributed by atoms with Crippen LogP contribution in [0.4, 0.5) is 0 Å². The van der Waals surface area contributed by atoms with Crippen molar-refractivity contribution in [2.45, 2.75) is 31.8 Å². The molecule has 1 aliphatic rings. The molecule has 21 heavy (non-hydrogen) atoms. The van der Waals surface area contributed by atoms with Crippen LogP contribution in [0.3, 0.4) is 0 Å². The summed E-state index contributed by atoms with van der Waals surface area (Å²) in [5, 5.41) is 0. The largest absolute Gasteiger partial charge is 0.361 e. The number of hydrogen-bond acceptors (Lipinski definition) is 2. The van der Waals surface area contributed by atoms with E-state index in [0.717, 1.165) is 12.1 Å². The molecular weight excluding hydrogens is 258 g/mol. The average molecular weight is 279 g/mol. The SMILES string of the molecule is CC1CCC(=NC(c2ccccc2)c2ccccn2)N1C. The van der Waals surface area contributed by atoms with Gasteiger partial charge in [-0.15, -0.1) is 0 Å². The topological polar surface area (TPSA) is 28.5 Å². The molecule has 2 unspecified atom stereocenters. The highest BCUT2D eigenvalue weighted by Gasteiger charge is 2.24. The molecule has 3 heteroatoms. The molecule has 1 fully saturated rings. The first-order valence-electron chi connectivity index (χ1n) is 7.51. The molecule has 0 N–H and O–H groups in total. The van der Waals surface area contributed by atoms with Crippen molar-refractivity contribution in [1.82, 2.24) is 9.88 Å². The van der Waals surface area contributed by atoms with E-state index in [-0.39, 0.29) is 6.04 Å². The summed E-state index contributed by atoms with van der Waals surface area (Å²) >= 11 is 0. The van der Waals surface area contributed by atoms with Crippen molar-refractivity contribution in [2.75, 3.05) is 7.05 Å². The Morgan fingerprint density at radius 2 is 1.90 bits per heavy atom. The van der Waals surface area contributed by atoms with E-state index in [1.165, 1.54) is 17.8 Å². The minimum atomic E-state index is -0.0184. The molecule has 3 nitrogen and oxygen atoms in total. The van der Waals surface area contributed by atoms with Crippen molar-refractivity contribution < 1.29 is 0 Å². The number of aromatic nitrogens is 1. The number of aliphatic imine (C=N–C) groups is 1. The van der Waals surface area contributed by atoms with Crippen molar-refractivity contribution in [3.8, 4) is 0 Å². The molecule has 1 aromatic heterocycles. The molecule has 0 bridgehead atoms. The molecule has 2 heterocycles. The van der Waals surface area contributed by atoms with Gasteiger partial charge in [-0.3, -0.25) is 9.98 Å². The predicted octanol–water partition coefficient (Wildman–Crippen LogP) is 3.68. The fraction of sp³-hybridized carbons (Fsp3) is 0.333. The highest BCUT2D eigenvalue weighted by molar-refractivity contribution is 5.84. The number of benzene rings is 1. The third kappa shape index (κ3) is 2.97. The fourth-order valence-electron chi connectivity index (χ4n) is 2.75. The van der Waals surface area contributed by atoms with Gasteiger partial charge in [-0.2, -0.15) is 0 Å². The molecule has 0 spiro atoms. The van der Waals surface area contributed by atoms with E-state index in [9.17, 15) is 0 Å². The van der Waals surface area contributed by atoms with Crippen molar-refractivity contribution >= 4 is 5.84 Å². The Morgan fingerprint density at radius 3 is 2.52 bits per heavy atom. The quantitative estimate of drug-likeness (QED) is 0.857. The lowest BCUT2D eigenvalue weighted by molar-refractivity contribution is 0.421. The summed E-state index contributed by atoms with van der Waals surface area (Å²) in [6, 6.07) is 17.0. The molecule has 1 aromatic carbocycles. The lowest BCUT2D eigenvalue weighted by Crippen LogP contribution is -2.26. The van der Waals surface area contributed by atoms with Crippen LogP contribution < -0.4 is 0 Å². The third-order valence-corrected chi connectivity index (χ3v) is 4.22. The second-order valence-corrected chi connectivity index (χ2v) is 5.61. The lowest BCUT2D eigenvalue weighted by Gasteiger charge is -2.20. The van der Waals surface area contributed by atoms with Crippen LogP contribution in [0.2, 0.25) is 0 Å². The molecule has 108 valence electrons. The van der Waals surface area contributed by atoms with Crippen LogP contribution in [0.5, 0.6) is 0 Å². The van der Waals surface area contributed by atoms with Crippen molar-refractivity contribution in [3.63, 3.8) is 0 Å². The summed E-state index contributed by atoms with van der Waals surface area (Å²) in [5.41, 5.74) is 2.20. The molecular formula is C18H21N3. The van der Waals surface area contributed by atoms with E-state index in [0.29, 0.717) is 6.04 Å². The van der Waals surface area contributed by atoms with Crippen molar-refractivity contribution in [2.24, 2.45) is 4.99 Å². The Morgan fingerprint density at radius 1 is 1.14 bits per heavy atom. The second kappa shape index (κ2) is 6.08. The van der Waals surface area contributed by atoms with E-state index in [4.69, 9.17) is 4.99 Å². The first-order chi connectivity index (χ1) is 10.3. The van der Waals surface area contributed by atoms with Gasteiger partial charge in [0.05, 0.1) is 5.69 Å². The van der Waals surface area contributed by atoms with E-state index in [2.05, 4.69) is 54.2 Å². The van der Waals surface area contributed by atoms with Gasteiger partial charge in [0.2, 0.25) is 0 Å². The minimum Gasteiger partial charge on any atom is -0.361 e. The molecule has 1 saturated heterocycles. The number of likely N-dealkylation sites (tertiary alicyclic amines) is 1. The molecule has 0 amide bonds. The third-order valence-electron chi connectivity index (χ3n) is 4.22. The van der Waals surface area contributed by atoms with Gasteiger partial charge in [0.1, 0.15) is 11.9 Å². The maximum Gasteiger partial charge on any atom is 0.119 e. The Balaban J connectivity index is 2.00. The van der Waals surface area contributed by atoms with Crippen molar-refractivity contribution in [3.05, 3.63) is 66.0 Å². The first kappa shape index (κ1) is 13.8. The van der Waals surface area contributed by atoms with Crippen LogP contribution in [0.1, 0.15) is 37.1 Å².